The first-order valence-corrected chi connectivity index (χ1v) is 12.0. The van der Waals surface area contributed by atoms with Crippen LogP contribution in [-0.4, -0.2) is 11.8 Å². The number of carbonyl (C=O) groups is 2. The number of benzene rings is 4. The van der Waals surface area contributed by atoms with E-state index < -0.39 is 17.0 Å². The van der Waals surface area contributed by atoms with Crippen LogP contribution in [0.15, 0.2) is 102 Å². The SMILES string of the molecule is Cc1ccc(NC(=O)C(Sc2ccc(NC(=O)c3ccccc3F)cc2)c2ccccc2)c(C)c1. The lowest BCUT2D eigenvalue weighted by atomic mass is 10.1. The molecule has 2 N–H and O–H groups in total. The molecule has 0 fully saturated rings. The van der Waals surface area contributed by atoms with Gasteiger partial charge in [-0.3, -0.25) is 9.59 Å². The molecule has 6 heteroatoms. The largest absolute Gasteiger partial charge is 0.325 e. The van der Waals surface area contributed by atoms with Crippen LogP contribution in [-0.2, 0) is 4.79 Å². The van der Waals surface area contributed by atoms with Crippen LogP contribution in [0.1, 0.15) is 32.3 Å². The molecule has 35 heavy (non-hydrogen) atoms. The van der Waals surface area contributed by atoms with Crippen molar-refractivity contribution in [1.82, 2.24) is 0 Å². The van der Waals surface area contributed by atoms with Crippen LogP contribution in [0.2, 0.25) is 0 Å². The zero-order chi connectivity index (χ0) is 24.8. The third kappa shape index (κ3) is 6.16. The van der Waals surface area contributed by atoms with Crippen molar-refractivity contribution in [2.75, 3.05) is 10.6 Å². The maximum atomic E-state index is 13.9. The van der Waals surface area contributed by atoms with E-state index in [0.717, 1.165) is 27.3 Å². The van der Waals surface area contributed by atoms with Gasteiger partial charge in [0.25, 0.3) is 5.91 Å². The average molecular weight is 485 g/mol. The molecule has 0 saturated carbocycles. The standard InChI is InChI=1S/C29H25FN2O2S/c1-19-12-17-26(20(2)18-19)32-29(34)27(21-8-4-3-5-9-21)35-23-15-13-22(14-16-23)31-28(33)24-10-6-7-11-25(24)30/h3-18,27H,1-2H3,(H,31,33)(H,32,34). The molecule has 4 nitrogen and oxygen atoms in total. The van der Waals surface area contributed by atoms with Crippen LogP contribution in [0, 0.1) is 19.7 Å². The highest BCUT2D eigenvalue weighted by molar-refractivity contribution is 8.00. The number of anilines is 2. The van der Waals surface area contributed by atoms with E-state index in [1.807, 2.05) is 74.5 Å². The lowest BCUT2D eigenvalue weighted by Gasteiger charge is -2.18. The monoisotopic (exact) mass is 484 g/mol. The topological polar surface area (TPSA) is 58.2 Å². The van der Waals surface area contributed by atoms with E-state index in [1.165, 1.54) is 30.0 Å². The molecule has 4 aromatic rings. The van der Waals surface area contributed by atoms with Gasteiger partial charge in [-0.25, -0.2) is 4.39 Å². The number of nitrogens with one attached hydrogen (secondary N) is 2. The van der Waals surface area contributed by atoms with Gasteiger partial charge in [0.05, 0.1) is 5.56 Å². The quantitative estimate of drug-likeness (QED) is 0.274. The minimum atomic E-state index is -0.572. The Morgan fingerprint density at radius 2 is 1.49 bits per heavy atom. The summed E-state index contributed by atoms with van der Waals surface area (Å²) in [6.45, 7) is 3.99. The molecule has 0 bridgehead atoms. The van der Waals surface area contributed by atoms with E-state index in [9.17, 15) is 14.0 Å². The summed E-state index contributed by atoms with van der Waals surface area (Å²) in [6.07, 6.45) is 0. The van der Waals surface area contributed by atoms with Crippen LogP contribution in [0.4, 0.5) is 15.8 Å². The van der Waals surface area contributed by atoms with Crippen molar-refractivity contribution in [3.05, 3.63) is 125 Å². The number of carbonyl (C=O) groups excluding carboxylic acids is 2. The molecule has 2 amide bonds. The minimum absolute atomic E-state index is 0.0156. The lowest BCUT2D eigenvalue weighted by molar-refractivity contribution is -0.115. The highest BCUT2D eigenvalue weighted by Crippen LogP contribution is 2.37. The molecular weight excluding hydrogens is 459 g/mol. The molecule has 0 aromatic heterocycles. The van der Waals surface area contributed by atoms with E-state index >= 15 is 0 Å². The summed E-state index contributed by atoms with van der Waals surface area (Å²) in [7, 11) is 0. The predicted octanol–water partition coefficient (Wildman–Crippen LogP) is 7.17. The van der Waals surface area contributed by atoms with Crippen LogP contribution in [0.25, 0.3) is 0 Å². The molecule has 0 spiro atoms. The van der Waals surface area contributed by atoms with Crippen LogP contribution in [0.3, 0.4) is 0 Å². The first-order chi connectivity index (χ1) is 16.9. The second kappa shape index (κ2) is 11.0. The molecule has 4 aromatic carbocycles. The smallest absolute Gasteiger partial charge is 0.258 e. The van der Waals surface area contributed by atoms with Gasteiger partial charge < -0.3 is 10.6 Å². The molecule has 176 valence electrons. The molecule has 1 unspecified atom stereocenters. The van der Waals surface area contributed by atoms with Gasteiger partial charge >= 0.3 is 0 Å². The van der Waals surface area contributed by atoms with Gasteiger partial charge in [0.15, 0.2) is 0 Å². The van der Waals surface area contributed by atoms with Crippen LogP contribution < -0.4 is 10.6 Å². The summed E-state index contributed by atoms with van der Waals surface area (Å²) in [5.41, 5.74) is 4.34. The van der Waals surface area contributed by atoms with E-state index in [-0.39, 0.29) is 11.5 Å². The number of hydrogen-bond acceptors (Lipinski definition) is 3. The van der Waals surface area contributed by atoms with Gasteiger partial charge in [0.2, 0.25) is 5.91 Å². The summed E-state index contributed by atoms with van der Waals surface area (Å²) in [6, 6.07) is 28.5. The lowest BCUT2D eigenvalue weighted by Crippen LogP contribution is -2.19. The van der Waals surface area contributed by atoms with Crippen molar-refractivity contribution in [3.8, 4) is 0 Å². The van der Waals surface area contributed by atoms with Gasteiger partial charge in [0, 0.05) is 16.3 Å². The van der Waals surface area contributed by atoms with Gasteiger partial charge in [-0.15, -0.1) is 11.8 Å². The second-order valence-electron chi connectivity index (χ2n) is 8.17. The Bertz CT molecular complexity index is 1340. The molecular formula is C29H25FN2O2S. The minimum Gasteiger partial charge on any atom is -0.325 e. The summed E-state index contributed by atoms with van der Waals surface area (Å²) in [5, 5.41) is 5.30. The van der Waals surface area contributed by atoms with E-state index in [0.29, 0.717) is 5.69 Å². The molecule has 0 radical (unpaired) electrons. The van der Waals surface area contributed by atoms with Gasteiger partial charge in [-0.1, -0.05) is 60.2 Å². The molecule has 0 aliphatic rings. The van der Waals surface area contributed by atoms with Crippen molar-refractivity contribution < 1.29 is 14.0 Å². The van der Waals surface area contributed by atoms with Crippen LogP contribution in [0.5, 0.6) is 0 Å². The van der Waals surface area contributed by atoms with Crippen molar-refractivity contribution >= 4 is 35.0 Å². The Hall–Kier alpha value is -3.90. The van der Waals surface area contributed by atoms with Gasteiger partial charge in [-0.2, -0.15) is 0 Å². The number of halogens is 1. The molecule has 1 atom stereocenters. The third-order valence-electron chi connectivity index (χ3n) is 5.46. The number of hydrogen-bond donors (Lipinski definition) is 2. The normalized spacial score (nSPS) is 11.5. The first kappa shape index (κ1) is 24.2. The number of amides is 2. The van der Waals surface area contributed by atoms with Crippen molar-refractivity contribution in [1.29, 1.82) is 0 Å². The van der Waals surface area contributed by atoms with Crippen molar-refractivity contribution in [2.24, 2.45) is 0 Å². The molecule has 0 heterocycles. The first-order valence-electron chi connectivity index (χ1n) is 11.2. The van der Waals surface area contributed by atoms with E-state index in [4.69, 9.17) is 0 Å². The van der Waals surface area contributed by atoms with Crippen LogP contribution >= 0.6 is 11.8 Å². The van der Waals surface area contributed by atoms with Crippen molar-refractivity contribution in [2.45, 2.75) is 24.0 Å². The Morgan fingerprint density at radius 3 is 2.17 bits per heavy atom. The summed E-state index contributed by atoms with van der Waals surface area (Å²) < 4.78 is 13.9. The molecule has 4 rings (SSSR count). The maximum absolute atomic E-state index is 13.9. The van der Waals surface area contributed by atoms with Crippen molar-refractivity contribution in [3.63, 3.8) is 0 Å². The fourth-order valence-corrected chi connectivity index (χ4v) is 4.67. The summed E-state index contributed by atoms with van der Waals surface area (Å²) in [5.74, 6) is -1.21. The highest BCUT2D eigenvalue weighted by Gasteiger charge is 2.23. The van der Waals surface area contributed by atoms with Gasteiger partial charge in [0.1, 0.15) is 11.1 Å². The Morgan fingerprint density at radius 1 is 0.800 bits per heavy atom. The highest BCUT2D eigenvalue weighted by atomic mass is 32.2. The Labute approximate surface area is 208 Å². The summed E-state index contributed by atoms with van der Waals surface area (Å²) >= 11 is 1.42. The average Bonchev–Trinajstić information content (AvgIpc) is 2.86. The number of aryl methyl sites for hydroxylation is 2. The third-order valence-corrected chi connectivity index (χ3v) is 6.73. The Balaban J connectivity index is 1.50. The Kier molecular flexibility index (Phi) is 7.63. The zero-order valence-electron chi connectivity index (χ0n) is 19.4. The predicted molar refractivity (Wildman–Crippen MR) is 140 cm³/mol. The maximum Gasteiger partial charge on any atom is 0.258 e. The fourth-order valence-electron chi connectivity index (χ4n) is 3.65. The molecule has 0 aliphatic heterocycles. The number of thioether (sulfide) groups is 1. The number of rotatable bonds is 7. The second-order valence-corrected chi connectivity index (χ2v) is 9.35. The molecule has 0 saturated heterocycles. The summed E-state index contributed by atoms with van der Waals surface area (Å²) in [4.78, 5) is 26.6. The zero-order valence-corrected chi connectivity index (χ0v) is 20.2. The fraction of sp³-hybridized carbons (Fsp3) is 0.103. The van der Waals surface area contributed by atoms with Gasteiger partial charge in [-0.05, 0) is 67.4 Å². The van der Waals surface area contributed by atoms with E-state index in [2.05, 4.69) is 10.6 Å². The van der Waals surface area contributed by atoms with E-state index in [1.54, 1.807) is 18.2 Å². The molecule has 0 aliphatic carbocycles.